The van der Waals surface area contributed by atoms with Crippen LogP contribution in [-0.2, 0) is 6.61 Å². The van der Waals surface area contributed by atoms with Gasteiger partial charge in [0.1, 0.15) is 18.4 Å². The van der Waals surface area contributed by atoms with Gasteiger partial charge in [-0.05, 0) is 36.4 Å². The summed E-state index contributed by atoms with van der Waals surface area (Å²) in [5.74, 6) is -1.20. The number of benzene rings is 1. The van der Waals surface area contributed by atoms with Gasteiger partial charge in [0.05, 0.1) is 5.69 Å². The Hall–Kier alpha value is -3.65. The monoisotopic (exact) mass is 367 g/mol. The molecule has 1 amide bonds. The minimum absolute atomic E-state index is 0.0135. The van der Waals surface area contributed by atoms with Crippen molar-refractivity contribution in [2.75, 3.05) is 5.32 Å². The van der Waals surface area contributed by atoms with Crippen molar-refractivity contribution >= 4 is 11.6 Å². The molecule has 0 saturated heterocycles. The Morgan fingerprint density at radius 1 is 1.22 bits per heavy atom. The van der Waals surface area contributed by atoms with E-state index >= 15 is 0 Å². The Bertz CT molecular complexity index is 1000. The number of carbonyl (C=O) groups excluding carboxylic acids is 1. The molecule has 3 aromatic rings. The van der Waals surface area contributed by atoms with Crippen LogP contribution in [0.4, 0.5) is 5.69 Å². The van der Waals surface area contributed by atoms with Crippen molar-refractivity contribution in [3.8, 4) is 5.75 Å². The molecule has 0 aliphatic heterocycles. The Labute approximate surface area is 153 Å². The fraction of sp³-hybridized carbons (Fsp3) is 0.105. The summed E-state index contributed by atoms with van der Waals surface area (Å²) in [7, 11) is 0. The molecule has 1 atom stereocenters. The van der Waals surface area contributed by atoms with E-state index in [1.807, 2.05) is 0 Å². The van der Waals surface area contributed by atoms with Gasteiger partial charge in [-0.25, -0.2) is 0 Å². The Morgan fingerprint density at radius 2 is 1.96 bits per heavy atom. The first kappa shape index (κ1) is 18.2. The minimum atomic E-state index is -0.815. The van der Waals surface area contributed by atoms with Crippen molar-refractivity contribution in [3.05, 3.63) is 87.7 Å². The number of amides is 1. The summed E-state index contributed by atoms with van der Waals surface area (Å²) in [6.07, 6.45) is 1.56. The number of nitrogens with two attached hydrogens (primary N) is 1. The Morgan fingerprint density at radius 3 is 2.56 bits per heavy atom. The highest BCUT2D eigenvalue weighted by Crippen LogP contribution is 2.30. The largest absolute Gasteiger partial charge is 0.502 e. The van der Waals surface area contributed by atoms with Crippen molar-refractivity contribution < 1.29 is 19.4 Å². The number of aromatic hydroxyl groups is 1. The van der Waals surface area contributed by atoms with Crippen LogP contribution in [0.2, 0.25) is 0 Å². The predicted molar refractivity (Wildman–Crippen MR) is 97.2 cm³/mol. The van der Waals surface area contributed by atoms with Gasteiger partial charge in [-0.2, -0.15) is 0 Å². The molecule has 0 radical (unpaired) electrons. The summed E-state index contributed by atoms with van der Waals surface area (Å²) in [6, 6.07) is 11.7. The predicted octanol–water partition coefficient (Wildman–Crippen LogP) is 1.53. The minimum Gasteiger partial charge on any atom is -0.502 e. The number of nitrogens with zero attached hydrogens (tertiary/aromatic N) is 1. The third-order valence-electron chi connectivity index (χ3n) is 3.88. The number of nitrogens with one attached hydrogen (secondary N) is 1. The van der Waals surface area contributed by atoms with Gasteiger partial charge in [0.2, 0.25) is 17.1 Å². The number of primary amides is 1. The number of hydrogen-bond acceptors (Lipinski definition) is 7. The molecule has 0 aliphatic carbocycles. The van der Waals surface area contributed by atoms with Crippen LogP contribution in [0.25, 0.3) is 0 Å². The third-order valence-corrected chi connectivity index (χ3v) is 3.88. The molecule has 8 heteroatoms. The van der Waals surface area contributed by atoms with Crippen LogP contribution in [0, 0.1) is 0 Å². The quantitative estimate of drug-likeness (QED) is 0.518. The molecule has 0 bridgehead atoms. The second-order valence-corrected chi connectivity index (χ2v) is 5.72. The van der Waals surface area contributed by atoms with Crippen LogP contribution < -0.4 is 16.5 Å². The van der Waals surface area contributed by atoms with Crippen molar-refractivity contribution in [2.45, 2.75) is 12.6 Å². The highest BCUT2D eigenvalue weighted by Gasteiger charge is 2.24. The van der Waals surface area contributed by atoms with E-state index in [9.17, 15) is 19.8 Å². The molecule has 2 aromatic heterocycles. The van der Waals surface area contributed by atoms with Crippen molar-refractivity contribution in [3.63, 3.8) is 0 Å². The van der Waals surface area contributed by atoms with Crippen molar-refractivity contribution in [1.82, 2.24) is 4.98 Å². The number of anilines is 1. The van der Waals surface area contributed by atoms with E-state index in [-0.39, 0.29) is 11.5 Å². The van der Waals surface area contributed by atoms with E-state index in [0.717, 1.165) is 6.07 Å². The van der Waals surface area contributed by atoms with Crippen LogP contribution in [0.3, 0.4) is 0 Å². The highest BCUT2D eigenvalue weighted by atomic mass is 16.4. The van der Waals surface area contributed by atoms with Gasteiger partial charge in [0.25, 0.3) is 0 Å². The summed E-state index contributed by atoms with van der Waals surface area (Å²) in [5, 5.41) is 22.6. The molecule has 1 unspecified atom stereocenters. The molecular weight excluding hydrogens is 350 g/mol. The Kier molecular flexibility index (Phi) is 5.18. The maximum Gasteiger partial charge on any atom is 0.248 e. The zero-order chi connectivity index (χ0) is 19.4. The molecule has 2 heterocycles. The lowest BCUT2D eigenvalue weighted by molar-refractivity contribution is 0.100. The molecule has 0 aliphatic rings. The van der Waals surface area contributed by atoms with Gasteiger partial charge >= 0.3 is 0 Å². The first-order valence-corrected chi connectivity index (χ1v) is 8.03. The maximum absolute atomic E-state index is 12.0. The van der Waals surface area contributed by atoms with E-state index < -0.39 is 29.7 Å². The maximum atomic E-state index is 12.0. The SMILES string of the molecule is NC(=O)c1ccc(NC(c2ccccn2)c2oc(CO)cc(=O)c2O)cc1. The average molecular weight is 367 g/mol. The molecular formula is C19H17N3O5. The van der Waals surface area contributed by atoms with Gasteiger partial charge in [0, 0.05) is 23.5 Å². The van der Waals surface area contributed by atoms with E-state index in [1.165, 1.54) is 0 Å². The number of rotatable bonds is 6. The lowest BCUT2D eigenvalue weighted by atomic mass is 10.1. The summed E-state index contributed by atoms with van der Waals surface area (Å²) >= 11 is 0. The molecule has 0 saturated carbocycles. The summed E-state index contributed by atoms with van der Waals surface area (Å²) in [6.45, 7) is -0.495. The summed E-state index contributed by atoms with van der Waals surface area (Å²) in [4.78, 5) is 27.5. The van der Waals surface area contributed by atoms with Crippen LogP contribution in [-0.4, -0.2) is 21.1 Å². The highest BCUT2D eigenvalue weighted by molar-refractivity contribution is 5.93. The molecule has 138 valence electrons. The molecule has 8 nitrogen and oxygen atoms in total. The van der Waals surface area contributed by atoms with Crippen molar-refractivity contribution in [1.29, 1.82) is 0 Å². The first-order valence-electron chi connectivity index (χ1n) is 8.03. The van der Waals surface area contributed by atoms with Crippen LogP contribution >= 0.6 is 0 Å². The second kappa shape index (κ2) is 7.71. The number of aliphatic hydroxyl groups excluding tert-OH is 1. The molecule has 1 aromatic carbocycles. The van der Waals surface area contributed by atoms with Gasteiger partial charge in [-0.1, -0.05) is 6.07 Å². The van der Waals surface area contributed by atoms with Gasteiger partial charge in [-0.3, -0.25) is 14.6 Å². The molecule has 0 fully saturated rings. The number of aromatic nitrogens is 1. The Balaban J connectivity index is 2.06. The summed E-state index contributed by atoms with van der Waals surface area (Å²) < 4.78 is 5.51. The molecule has 27 heavy (non-hydrogen) atoms. The second-order valence-electron chi connectivity index (χ2n) is 5.72. The normalized spacial score (nSPS) is 11.7. The van der Waals surface area contributed by atoms with E-state index in [2.05, 4.69) is 10.3 Å². The number of pyridine rings is 1. The van der Waals surface area contributed by atoms with Crippen LogP contribution in [0.1, 0.15) is 33.6 Å². The number of carbonyl (C=O) groups is 1. The lowest BCUT2D eigenvalue weighted by Gasteiger charge is -2.20. The zero-order valence-corrected chi connectivity index (χ0v) is 14.1. The average Bonchev–Trinajstić information content (AvgIpc) is 2.69. The fourth-order valence-corrected chi connectivity index (χ4v) is 2.55. The van der Waals surface area contributed by atoms with Gasteiger partial charge < -0.3 is 25.7 Å². The third kappa shape index (κ3) is 3.96. The lowest BCUT2D eigenvalue weighted by Crippen LogP contribution is -2.17. The standard InChI is InChI=1S/C19H17N3O5/c20-19(26)11-4-6-12(7-5-11)22-16(14-3-1-2-8-21-14)18-17(25)15(24)9-13(10-23)27-18/h1-9,16,22-23,25H,10H2,(H2,20,26). The number of hydrogen-bond donors (Lipinski definition) is 4. The molecule has 0 spiro atoms. The van der Waals surface area contributed by atoms with Crippen LogP contribution in [0.5, 0.6) is 5.75 Å². The van der Waals surface area contributed by atoms with E-state index in [4.69, 9.17) is 10.2 Å². The zero-order valence-electron chi connectivity index (χ0n) is 14.1. The van der Waals surface area contributed by atoms with Gasteiger partial charge in [0.15, 0.2) is 5.76 Å². The fourth-order valence-electron chi connectivity index (χ4n) is 2.55. The number of aliphatic hydroxyl groups is 1. The van der Waals surface area contributed by atoms with Crippen LogP contribution in [0.15, 0.2) is 63.9 Å². The molecule has 3 rings (SSSR count). The summed E-state index contributed by atoms with van der Waals surface area (Å²) in [5.41, 5.74) is 5.96. The van der Waals surface area contributed by atoms with E-state index in [0.29, 0.717) is 16.9 Å². The smallest absolute Gasteiger partial charge is 0.248 e. The molecule has 5 N–H and O–H groups in total. The topological polar surface area (TPSA) is 139 Å². The van der Waals surface area contributed by atoms with Crippen molar-refractivity contribution in [2.24, 2.45) is 5.73 Å². The van der Waals surface area contributed by atoms with Gasteiger partial charge in [-0.15, -0.1) is 0 Å². The first-order chi connectivity index (χ1) is 13.0. The van der Waals surface area contributed by atoms with E-state index in [1.54, 1.807) is 48.7 Å².